The van der Waals surface area contributed by atoms with Crippen LogP contribution < -0.4 is 20.1 Å². The summed E-state index contributed by atoms with van der Waals surface area (Å²) < 4.78 is 99.0. The van der Waals surface area contributed by atoms with Gasteiger partial charge in [-0.25, -0.2) is 14.6 Å². The molecular weight excluding hydrogens is 714 g/mol. The van der Waals surface area contributed by atoms with Crippen LogP contribution in [0.5, 0.6) is 11.5 Å². The number of aliphatic imine (C=N–C) groups is 1. The van der Waals surface area contributed by atoms with Crippen LogP contribution in [0.1, 0.15) is 69.5 Å². The Morgan fingerprint density at radius 3 is 1.64 bits per heavy atom. The van der Waals surface area contributed by atoms with Crippen molar-refractivity contribution in [3.8, 4) is 11.5 Å². The molecule has 0 fully saturated rings. The Hall–Kier alpha value is -4.83. The maximum atomic E-state index is 13.0. The van der Waals surface area contributed by atoms with Gasteiger partial charge in [-0.1, -0.05) is 44.4 Å². The molecule has 0 spiro atoms. The molecule has 0 saturated carbocycles. The molecule has 0 bridgehead atoms. The number of ether oxygens (including phenoxy) is 2. The molecule has 2 amide bonds. The minimum Gasteiger partial charge on any atom is -0.493 e. The van der Waals surface area contributed by atoms with Crippen LogP contribution in [0.15, 0.2) is 38.3 Å². The number of urea groups is 1. The van der Waals surface area contributed by atoms with Crippen molar-refractivity contribution >= 4 is 34.0 Å². The predicted molar refractivity (Wildman–Crippen MR) is 188 cm³/mol. The van der Waals surface area contributed by atoms with Gasteiger partial charge < -0.3 is 34.1 Å². The van der Waals surface area contributed by atoms with E-state index in [2.05, 4.69) is 25.9 Å². The third-order valence-electron chi connectivity index (χ3n) is 7.31. The van der Waals surface area contributed by atoms with Crippen molar-refractivity contribution in [1.82, 2.24) is 25.8 Å². The molecule has 18 heteroatoms. The number of carbonyl (C=O) groups excluding carboxylic acids is 2. The zero-order valence-electron chi connectivity index (χ0n) is 29.9. The van der Waals surface area contributed by atoms with Gasteiger partial charge in [-0.2, -0.15) is 26.3 Å². The van der Waals surface area contributed by atoms with Crippen LogP contribution in [0, 0.1) is 0 Å². The van der Waals surface area contributed by atoms with E-state index in [1.54, 1.807) is 20.2 Å². The normalized spacial score (nSPS) is 11.0. The Labute approximate surface area is 304 Å². The second-order valence-corrected chi connectivity index (χ2v) is 11.2. The number of benzene rings is 2. The zero-order chi connectivity index (χ0) is 38.9. The molecule has 0 atom stereocenters. The number of carbonyl (C=O) groups is 1. The van der Waals surface area contributed by atoms with Crippen molar-refractivity contribution in [2.45, 2.75) is 72.2 Å². The molecule has 0 aliphatic heterocycles. The van der Waals surface area contributed by atoms with E-state index in [9.17, 15) is 31.1 Å². The summed E-state index contributed by atoms with van der Waals surface area (Å²) in [4.78, 5) is 24.7. The summed E-state index contributed by atoms with van der Waals surface area (Å²) in [5.74, 6) is 1.04. The van der Waals surface area contributed by atoms with Crippen LogP contribution in [0.4, 0.5) is 31.1 Å². The van der Waals surface area contributed by atoms with E-state index in [1.807, 2.05) is 20.9 Å². The Kier molecular flexibility index (Phi) is 19.4. The van der Waals surface area contributed by atoms with Crippen molar-refractivity contribution in [3.05, 3.63) is 46.8 Å². The maximum Gasteiger partial charge on any atom is 0.437 e. The molecular formula is C35H48F6N6O6. The number of aryl methyl sites for hydroxylation is 2. The summed E-state index contributed by atoms with van der Waals surface area (Å²) in [5.41, 5.74) is -0.509. The van der Waals surface area contributed by atoms with E-state index in [0.29, 0.717) is 61.6 Å². The quantitative estimate of drug-likeness (QED) is 0.0562. The molecule has 4 rings (SSSR count). The Balaban J connectivity index is 0.000000478. The van der Waals surface area contributed by atoms with E-state index >= 15 is 0 Å². The van der Waals surface area contributed by atoms with Crippen molar-refractivity contribution in [1.29, 1.82) is 0 Å². The lowest BCUT2D eigenvalue weighted by molar-refractivity contribution is -0.142. The molecule has 2 aromatic carbocycles. The van der Waals surface area contributed by atoms with Gasteiger partial charge in [-0.15, -0.1) is 0 Å². The second-order valence-electron chi connectivity index (χ2n) is 11.2. The standard InChI is InChI=1S/C17H22F3N3O3.C15H19F3N2O2.C2H3NO.CH4/c1-4-6-11-13(25-10-5-9-23(3)16(24)21-2)8-7-12-14(11)26-22-15(12)17(18,19)20;1-3-5-10-12(21-9-4-8-19-2)7-6-11-13(10)22-20-14(11)15(16,17)18;1-3-2-4;/h7-8H,4-6,9-10H2,1-3H3,(H,21,24);6-7,19H,3-5,8-9H2,1-2H3;1H3;1H4. The Bertz CT molecular complexity index is 1750. The summed E-state index contributed by atoms with van der Waals surface area (Å²) in [5, 5.41) is 11.8. The van der Waals surface area contributed by atoms with Gasteiger partial charge in [0.1, 0.15) is 11.5 Å². The van der Waals surface area contributed by atoms with Crippen LogP contribution >= 0.6 is 0 Å². The minimum atomic E-state index is -4.57. The van der Waals surface area contributed by atoms with E-state index in [1.165, 1.54) is 36.2 Å². The molecule has 0 saturated heterocycles. The Morgan fingerprint density at radius 1 is 0.849 bits per heavy atom. The number of alkyl halides is 6. The van der Waals surface area contributed by atoms with Crippen molar-refractivity contribution in [3.63, 3.8) is 0 Å². The minimum absolute atomic E-state index is 0. The molecule has 2 aromatic heterocycles. The van der Waals surface area contributed by atoms with Gasteiger partial charge in [0.05, 0.1) is 24.0 Å². The van der Waals surface area contributed by atoms with Gasteiger partial charge in [-0.3, -0.25) is 0 Å². The first-order chi connectivity index (χ1) is 24.7. The summed E-state index contributed by atoms with van der Waals surface area (Å²) >= 11 is 0. The molecule has 0 radical (unpaired) electrons. The number of isocyanates is 1. The van der Waals surface area contributed by atoms with Gasteiger partial charge in [0.2, 0.25) is 6.08 Å². The third kappa shape index (κ3) is 13.3. The van der Waals surface area contributed by atoms with Gasteiger partial charge in [0, 0.05) is 38.8 Å². The first kappa shape index (κ1) is 46.2. The molecule has 53 heavy (non-hydrogen) atoms. The van der Waals surface area contributed by atoms with E-state index < -0.39 is 23.7 Å². The molecule has 4 aromatic rings. The molecule has 0 aliphatic carbocycles. The van der Waals surface area contributed by atoms with Crippen LogP contribution in [-0.2, 0) is 30.0 Å². The summed E-state index contributed by atoms with van der Waals surface area (Å²) in [6, 6.07) is 5.57. The largest absolute Gasteiger partial charge is 0.493 e. The van der Waals surface area contributed by atoms with Crippen molar-refractivity contribution in [2.24, 2.45) is 4.99 Å². The summed E-state index contributed by atoms with van der Waals surface area (Å²) in [7, 11) is 6.45. The number of rotatable bonds is 14. The van der Waals surface area contributed by atoms with Crippen LogP contribution in [-0.4, -0.2) is 81.8 Å². The number of halogens is 6. The van der Waals surface area contributed by atoms with Crippen molar-refractivity contribution < 1.29 is 54.5 Å². The number of fused-ring (bicyclic) bond motifs is 2. The fourth-order valence-corrected chi connectivity index (χ4v) is 4.94. The highest BCUT2D eigenvalue weighted by Gasteiger charge is 2.38. The number of hydrogen-bond acceptors (Lipinski definition) is 10. The second kappa shape index (κ2) is 22.3. The van der Waals surface area contributed by atoms with Gasteiger partial charge in [-0.05, 0) is 63.5 Å². The van der Waals surface area contributed by atoms with Crippen molar-refractivity contribution in [2.75, 3.05) is 54.5 Å². The van der Waals surface area contributed by atoms with E-state index in [-0.39, 0.29) is 35.4 Å². The predicted octanol–water partition coefficient (Wildman–Crippen LogP) is 8.21. The molecule has 296 valence electrons. The highest BCUT2D eigenvalue weighted by molar-refractivity contribution is 5.86. The number of aromatic nitrogens is 2. The maximum absolute atomic E-state index is 13.0. The lowest BCUT2D eigenvalue weighted by Crippen LogP contribution is -2.35. The number of nitrogens with zero attached hydrogens (tertiary/aromatic N) is 4. The van der Waals surface area contributed by atoms with Crippen LogP contribution in [0.25, 0.3) is 21.9 Å². The number of nitrogens with one attached hydrogen (secondary N) is 2. The lowest BCUT2D eigenvalue weighted by atomic mass is 10.0. The monoisotopic (exact) mass is 762 g/mol. The van der Waals surface area contributed by atoms with Gasteiger partial charge in [0.15, 0.2) is 22.6 Å². The van der Waals surface area contributed by atoms with Crippen LogP contribution in [0.2, 0.25) is 0 Å². The Morgan fingerprint density at radius 2 is 1.28 bits per heavy atom. The van der Waals surface area contributed by atoms with Gasteiger partial charge in [0.25, 0.3) is 0 Å². The molecule has 0 aliphatic rings. The summed E-state index contributed by atoms with van der Waals surface area (Å²) in [6.07, 6.45) is -3.82. The molecule has 0 unspecified atom stereocenters. The SMILES string of the molecule is C.CCCc1c(OCCCN(C)C(=O)NC)ccc2c(C(F)(F)F)noc12.CCCc1c(OCCCNC)ccc2c(C(F)(F)F)noc12.CN=C=O. The summed E-state index contributed by atoms with van der Waals surface area (Å²) in [6.45, 7) is 5.98. The smallest absolute Gasteiger partial charge is 0.437 e. The fourth-order valence-electron chi connectivity index (χ4n) is 4.94. The highest BCUT2D eigenvalue weighted by atomic mass is 19.4. The van der Waals surface area contributed by atoms with Gasteiger partial charge >= 0.3 is 18.4 Å². The zero-order valence-corrected chi connectivity index (χ0v) is 29.9. The third-order valence-corrected chi connectivity index (χ3v) is 7.31. The van der Waals surface area contributed by atoms with Crippen LogP contribution in [0.3, 0.4) is 0 Å². The fraction of sp³-hybridized carbons (Fsp3) is 0.543. The molecule has 12 nitrogen and oxygen atoms in total. The lowest BCUT2D eigenvalue weighted by Gasteiger charge is -2.17. The first-order valence-corrected chi connectivity index (χ1v) is 16.5. The van der Waals surface area contributed by atoms with E-state index in [0.717, 1.165) is 25.8 Å². The average molecular weight is 763 g/mol. The van der Waals surface area contributed by atoms with E-state index in [4.69, 9.17) is 23.3 Å². The average Bonchev–Trinajstić information content (AvgIpc) is 3.76. The first-order valence-electron chi connectivity index (χ1n) is 16.5. The number of hydrogen-bond donors (Lipinski definition) is 2. The topological polar surface area (TPSA) is 144 Å². The highest BCUT2D eigenvalue weighted by Crippen LogP contribution is 2.39. The number of amides is 2. The molecule has 2 N–H and O–H groups in total. The molecule has 2 heterocycles.